The number of benzene rings is 1. The van der Waals surface area contributed by atoms with Crippen molar-refractivity contribution < 1.29 is 0 Å². The zero-order chi connectivity index (χ0) is 16.2. The van der Waals surface area contributed by atoms with Crippen LogP contribution in [0, 0.1) is 6.92 Å². The van der Waals surface area contributed by atoms with Crippen LogP contribution in [0.3, 0.4) is 0 Å². The molecule has 3 rings (SSSR count). The fraction of sp³-hybridized carbons (Fsp3) is 0.250. The summed E-state index contributed by atoms with van der Waals surface area (Å²) in [6.07, 6.45) is 0. The molecule has 6 nitrogen and oxygen atoms in total. The summed E-state index contributed by atoms with van der Waals surface area (Å²) < 4.78 is 4.17. The van der Waals surface area contributed by atoms with E-state index in [9.17, 15) is 0 Å². The number of aromatic nitrogens is 4. The van der Waals surface area contributed by atoms with Gasteiger partial charge in [-0.1, -0.05) is 18.2 Å². The third-order valence-electron chi connectivity index (χ3n) is 3.41. The van der Waals surface area contributed by atoms with Gasteiger partial charge in [0.15, 0.2) is 10.8 Å². The fourth-order valence-corrected chi connectivity index (χ4v) is 2.83. The van der Waals surface area contributed by atoms with Crippen LogP contribution in [-0.4, -0.2) is 40.3 Å². The zero-order valence-corrected chi connectivity index (χ0v) is 14.2. The third kappa shape index (κ3) is 3.62. The van der Waals surface area contributed by atoms with E-state index in [4.69, 9.17) is 0 Å². The van der Waals surface area contributed by atoms with Crippen LogP contribution in [0.25, 0.3) is 10.7 Å². The molecule has 0 aliphatic rings. The lowest BCUT2D eigenvalue weighted by Crippen LogP contribution is -2.33. The largest absolute Gasteiger partial charge is 0.357 e. The topological polar surface area (TPSA) is 58.0 Å². The molecule has 7 heteroatoms. The van der Waals surface area contributed by atoms with Gasteiger partial charge < -0.3 is 9.80 Å². The molecule has 0 atom stereocenters. The van der Waals surface area contributed by atoms with Gasteiger partial charge in [0.05, 0.1) is 6.67 Å². The minimum atomic E-state index is 0.718. The van der Waals surface area contributed by atoms with Crippen LogP contribution >= 0.6 is 11.5 Å². The van der Waals surface area contributed by atoms with Gasteiger partial charge in [-0.25, -0.2) is 4.98 Å². The summed E-state index contributed by atoms with van der Waals surface area (Å²) in [7, 11) is 4.05. The maximum atomic E-state index is 4.33. The highest BCUT2D eigenvalue weighted by molar-refractivity contribution is 7.09. The van der Waals surface area contributed by atoms with E-state index in [1.165, 1.54) is 11.5 Å². The van der Waals surface area contributed by atoms with E-state index in [0.29, 0.717) is 0 Å². The number of anilines is 2. The van der Waals surface area contributed by atoms with Crippen LogP contribution in [0.5, 0.6) is 0 Å². The standard InChI is InChI=1S/C16H18N6S/c1-12-17-16(23-20-12)14-9-10-15(19-18-14)22(3)11-21(2)13-7-5-4-6-8-13/h4-10H,11H2,1-3H3. The predicted molar refractivity (Wildman–Crippen MR) is 93.8 cm³/mol. The van der Waals surface area contributed by atoms with Gasteiger partial charge >= 0.3 is 0 Å². The number of rotatable bonds is 5. The summed E-state index contributed by atoms with van der Waals surface area (Å²) in [6, 6.07) is 14.1. The van der Waals surface area contributed by atoms with E-state index < -0.39 is 0 Å². The van der Waals surface area contributed by atoms with Gasteiger partial charge in [-0.3, -0.25) is 0 Å². The van der Waals surface area contributed by atoms with E-state index >= 15 is 0 Å². The predicted octanol–water partition coefficient (Wildman–Crippen LogP) is 2.83. The molecule has 0 spiro atoms. The maximum Gasteiger partial charge on any atom is 0.164 e. The van der Waals surface area contributed by atoms with Crippen molar-refractivity contribution in [1.29, 1.82) is 0 Å². The van der Waals surface area contributed by atoms with Crippen LogP contribution in [0.15, 0.2) is 42.5 Å². The normalized spacial score (nSPS) is 10.6. The summed E-state index contributed by atoms with van der Waals surface area (Å²) in [5.41, 5.74) is 1.91. The van der Waals surface area contributed by atoms with Gasteiger partial charge in [0, 0.05) is 19.8 Å². The van der Waals surface area contributed by atoms with Crippen molar-refractivity contribution in [1.82, 2.24) is 19.6 Å². The maximum absolute atomic E-state index is 4.33. The Labute approximate surface area is 139 Å². The molecule has 0 unspecified atom stereocenters. The van der Waals surface area contributed by atoms with Gasteiger partial charge in [-0.15, -0.1) is 10.2 Å². The monoisotopic (exact) mass is 326 g/mol. The highest BCUT2D eigenvalue weighted by atomic mass is 32.1. The van der Waals surface area contributed by atoms with Gasteiger partial charge in [0.1, 0.15) is 11.5 Å². The van der Waals surface area contributed by atoms with Gasteiger partial charge in [0.25, 0.3) is 0 Å². The second-order valence-corrected chi connectivity index (χ2v) is 6.05. The molecule has 0 amide bonds. The summed E-state index contributed by atoms with van der Waals surface area (Å²) in [4.78, 5) is 8.53. The lowest BCUT2D eigenvalue weighted by atomic mass is 10.3. The van der Waals surface area contributed by atoms with Gasteiger partial charge in [-0.05, 0) is 42.7 Å². The molecule has 0 N–H and O–H groups in total. The molecule has 23 heavy (non-hydrogen) atoms. The molecule has 2 heterocycles. The summed E-state index contributed by atoms with van der Waals surface area (Å²) in [5, 5.41) is 9.36. The SMILES string of the molecule is Cc1nsc(-c2ccc(N(C)CN(C)c3ccccc3)nn2)n1. The highest BCUT2D eigenvalue weighted by Gasteiger charge is 2.10. The van der Waals surface area contributed by atoms with Crippen LogP contribution in [0.2, 0.25) is 0 Å². The molecule has 0 saturated carbocycles. The van der Waals surface area contributed by atoms with Crippen LogP contribution in [0.1, 0.15) is 5.82 Å². The molecule has 0 bridgehead atoms. The molecular formula is C16H18N6S. The second kappa shape index (κ2) is 6.70. The zero-order valence-electron chi connectivity index (χ0n) is 13.3. The van der Waals surface area contributed by atoms with Crippen molar-refractivity contribution in [2.45, 2.75) is 6.92 Å². The average molecular weight is 326 g/mol. The number of hydrogen-bond donors (Lipinski definition) is 0. The molecule has 0 fully saturated rings. The first kappa shape index (κ1) is 15.4. The minimum absolute atomic E-state index is 0.718. The first-order chi connectivity index (χ1) is 11.1. The van der Waals surface area contributed by atoms with Crippen LogP contribution in [0.4, 0.5) is 11.5 Å². The van der Waals surface area contributed by atoms with Crippen LogP contribution in [-0.2, 0) is 0 Å². The summed E-state index contributed by atoms with van der Waals surface area (Å²) in [5.74, 6) is 1.58. The Morgan fingerprint density at radius 1 is 0.957 bits per heavy atom. The van der Waals surface area contributed by atoms with Crippen molar-refractivity contribution in [2.24, 2.45) is 0 Å². The van der Waals surface area contributed by atoms with Gasteiger partial charge in [0.2, 0.25) is 0 Å². The van der Waals surface area contributed by atoms with E-state index in [-0.39, 0.29) is 0 Å². The summed E-state index contributed by atoms with van der Waals surface area (Å²) in [6.45, 7) is 2.59. The molecular weight excluding hydrogens is 308 g/mol. The number of hydrogen-bond acceptors (Lipinski definition) is 7. The fourth-order valence-electron chi connectivity index (χ4n) is 2.20. The highest BCUT2D eigenvalue weighted by Crippen LogP contribution is 2.20. The molecule has 0 radical (unpaired) electrons. The summed E-state index contributed by atoms with van der Waals surface area (Å²) >= 11 is 1.34. The Morgan fingerprint density at radius 2 is 1.74 bits per heavy atom. The molecule has 2 aromatic heterocycles. The van der Waals surface area contributed by atoms with Gasteiger partial charge in [-0.2, -0.15) is 4.37 Å². The number of aryl methyl sites for hydroxylation is 1. The molecule has 0 aliphatic heterocycles. The van der Waals surface area contributed by atoms with E-state index in [0.717, 1.165) is 34.7 Å². The Morgan fingerprint density at radius 3 is 2.35 bits per heavy atom. The molecule has 3 aromatic rings. The smallest absolute Gasteiger partial charge is 0.164 e. The van der Waals surface area contributed by atoms with E-state index in [1.54, 1.807) is 0 Å². The molecule has 0 saturated heterocycles. The third-order valence-corrected chi connectivity index (χ3v) is 4.24. The molecule has 118 valence electrons. The lowest BCUT2D eigenvalue weighted by molar-refractivity contribution is 0.825. The average Bonchev–Trinajstić information content (AvgIpc) is 3.02. The second-order valence-electron chi connectivity index (χ2n) is 5.30. The number of nitrogens with zero attached hydrogens (tertiary/aromatic N) is 6. The number of para-hydroxylation sites is 1. The lowest BCUT2D eigenvalue weighted by Gasteiger charge is -2.26. The Kier molecular flexibility index (Phi) is 4.47. The quantitative estimate of drug-likeness (QED) is 0.672. The molecule has 0 aliphatic carbocycles. The molecule has 1 aromatic carbocycles. The van der Waals surface area contributed by atoms with Crippen molar-refractivity contribution in [2.75, 3.05) is 30.6 Å². The van der Waals surface area contributed by atoms with Crippen LogP contribution < -0.4 is 9.80 Å². The van der Waals surface area contributed by atoms with Crippen molar-refractivity contribution in [3.05, 3.63) is 48.3 Å². The first-order valence-corrected chi connectivity index (χ1v) is 8.02. The Bertz CT molecular complexity index is 756. The Hall–Kier alpha value is -2.54. The first-order valence-electron chi connectivity index (χ1n) is 7.25. The van der Waals surface area contributed by atoms with E-state index in [1.807, 2.05) is 44.3 Å². The van der Waals surface area contributed by atoms with Crippen molar-refractivity contribution in [3.8, 4) is 10.7 Å². The van der Waals surface area contributed by atoms with Crippen molar-refractivity contribution >= 4 is 23.0 Å². The Balaban J connectivity index is 1.69. The minimum Gasteiger partial charge on any atom is -0.357 e. The van der Waals surface area contributed by atoms with E-state index in [2.05, 4.69) is 48.5 Å². The van der Waals surface area contributed by atoms with Crippen molar-refractivity contribution in [3.63, 3.8) is 0 Å².